The van der Waals surface area contributed by atoms with E-state index in [9.17, 15) is 19.8 Å². The predicted octanol–water partition coefficient (Wildman–Crippen LogP) is 4.80. The van der Waals surface area contributed by atoms with Gasteiger partial charge in [0.2, 0.25) is 0 Å². The molecule has 0 spiro atoms. The van der Waals surface area contributed by atoms with Crippen molar-refractivity contribution in [1.82, 2.24) is 0 Å². The van der Waals surface area contributed by atoms with Gasteiger partial charge in [-0.3, -0.25) is 4.79 Å². The first-order valence-corrected chi connectivity index (χ1v) is 9.63. The number of rotatable bonds is 2. The van der Waals surface area contributed by atoms with Gasteiger partial charge in [0.15, 0.2) is 5.43 Å². The molecule has 1 aliphatic heterocycles. The van der Waals surface area contributed by atoms with E-state index in [0.717, 1.165) is 11.8 Å². The van der Waals surface area contributed by atoms with Crippen LogP contribution in [0.5, 0.6) is 5.75 Å². The summed E-state index contributed by atoms with van der Waals surface area (Å²) < 4.78 is 5.76. The molecule has 2 N–H and O–H groups in total. The van der Waals surface area contributed by atoms with Crippen LogP contribution in [0.2, 0.25) is 0 Å². The molecule has 0 bridgehead atoms. The second-order valence-corrected chi connectivity index (χ2v) is 6.55. The normalized spacial score (nSPS) is 10.2. The van der Waals surface area contributed by atoms with E-state index in [1.807, 2.05) is 5.40 Å². The van der Waals surface area contributed by atoms with Crippen molar-refractivity contribution in [2.75, 3.05) is 6.26 Å². The number of thioether (sulfide) groups is 1. The lowest BCUT2D eigenvalue weighted by atomic mass is 9.91. The number of aromatic carboxylic acids is 1. The smallest absolute Gasteiger partial charge is 0.336 e. The first-order chi connectivity index (χ1) is 14.0. The molecule has 1 heterocycles. The minimum absolute atomic E-state index is 0.0198. The van der Waals surface area contributed by atoms with Crippen LogP contribution in [0.4, 0.5) is 0 Å². The van der Waals surface area contributed by atoms with E-state index in [2.05, 4.69) is 0 Å². The van der Waals surface area contributed by atoms with Gasteiger partial charge in [0.1, 0.15) is 22.5 Å². The topological polar surface area (TPSA) is 112 Å². The molecule has 2 aliphatic rings. The summed E-state index contributed by atoms with van der Waals surface area (Å²) in [6.07, 6.45) is 1.74. The van der Waals surface area contributed by atoms with Crippen LogP contribution in [0, 0.1) is 10.7 Å². The average molecular weight is 405 g/mol. The summed E-state index contributed by atoms with van der Waals surface area (Å²) in [4.78, 5) is 23.4. The van der Waals surface area contributed by atoms with Crippen LogP contribution in [0.25, 0.3) is 33.4 Å². The molecule has 6 nitrogen and oxygen atoms in total. The molecule has 7 heteroatoms. The number of benzene rings is 3. The summed E-state index contributed by atoms with van der Waals surface area (Å²) in [7, 11) is 0. The predicted molar refractivity (Wildman–Crippen MR) is 112 cm³/mol. The lowest BCUT2D eigenvalue weighted by Gasteiger charge is -2.16. The Balaban J connectivity index is 0.000000552. The fourth-order valence-corrected chi connectivity index (χ4v) is 3.04. The Hall–Kier alpha value is -3.76. The van der Waals surface area contributed by atoms with Gasteiger partial charge in [-0.05, 0) is 53.9 Å². The maximum atomic E-state index is 11.7. The average Bonchev–Trinajstić information content (AvgIpc) is 2.72. The van der Waals surface area contributed by atoms with Crippen molar-refractivity contribution in [1.29, 1.82) is 5.26 Å². The van der Waals surface area contributed by atoms with Crippen LogP contribution in [-0.4, -0.2) is 22.4 Å². The van der Waals surface area contributed by atoms with Gasteiger partial charge in [-0.25, -0.2) is 4.79 Å². The Morgan fingerprint density at radius 3 is 2.48 bits per heavy atom. The highest BCUT2D eigenvalue weighted by Gasteiger charge is 2.21. The number of phenolic OH excluding ortho intramolecular Hbond substituents is 1. The molecule has 0 fully saturated rings. The fourth-order valence-electron chi connectivity index (χ4n) is 3.04. The van der Waals surface area contributed by atoms with Gasteiger partial charge in [0.05, 0.1) is 5.56 Å². The van der Waals surface area contributed by atoms with Gasteiger partial charge >= 0.3 is 5.97 Å². The number of hydrogen-bond acceptors (Lipinski definition) is 6. The number of carbonyl (C=O) groups is 1. The van der Waals surface area contributed by atoms with Crippen molar-refractivity contribution < 1.29 is 19.4 Å². The van der Waals surface area contributed by atoms with E-state index in [1.54, 1.807) is 36.6 Å². The lowest BCUT2D eigenvalue weighted by Crippen LogP contribution is -2.03. The van der Waals surface area contributed by atoms with E-state index in [-0.39, 0.29) is 16.7 Å². The lowest BCUT2D eigenvalue weighted by molar-refractivity contribution is 0.0697. The van der Waals surface area contributed by atoms with Crippen LogP contribution in [-0.2, 0) is 0 Å². The second-order valence-electron chi connectivity index (χ2n) is 5.96. The van der Waals surface area contributed by atoms with Crippen molar-refractivity contribution in [3.63, 3.8) is 0 Å². The quantitative estimate of drug-likeness (QED) is 0.364. The standard InChI is InChI=1S/C20H12O5.C2H3NS/c21-11-5-7-15-17(9-11)25-18-10-12(22)6-8-16(18)19(15)13-3-1-2-4-14(13)20(23)24;1-4-2-3/h1-10,21H,(H,23,24);1H3. The van der Waals surface area contributed by atoms with Crippen molar-refractivity contribution in [3.05, 3.63) is 76.5 Å². The van der Waals surface area contributed by atoms with Crippen molar-refractivity contribution in [2.45, 2.75) is 0 Å². The number of phenols is 1. The summed E-state index contributed by atoms with van der Waals surface area (Å²) >= 11 is 1.16. The van der Waals surface area contributed by atoms with Crippen LogP contribution in [0.1, 0.15) is 10.4 Å². The van der Waals surface area contributed by atoms with Crippen LogP contribution in [0.3, 0.4) is 0 Å². The van der Waals surface area contributed by atoms with Gasteiger partial charge in [-0.15, -0.1) is 0 Å². The molecule has 0 saturated carbocycles. The number of nitriles is 1. The van der Waals surface area contributed by atoms with Crippen LogP contribution in [0.15, 0.2) is 69.9 Å². The molecule has 1 aliphatic carbocycles. The maximum Gasteiger partial charge on any atom is 0.336 e. The number of nitrogens with zero attached hydrogens (tertiary/aromatic N) is 1. The van der Waals surface area contributed by atoms with Crippen LogP contribution < -0.4 is 5.43 Å². The molecular formula is C22H15NO5S. The Labute approximate surface area is 170 Å². The largest absolute Gasteiger partial charge is 0.508 e. The molecule has 0 saturated heterocycles. The van der Waals surface area contributed by atoms with Gasteiger partial charge in [-0.2, -0.15) is 5.26 Å². The van der Waals surface area contributed by atoms with E-state index in [0.29, 0.717) is 33.4 Å². The van der Waals surface area contributed by atoms with Crippen molar-refractivity contribution >= 4 is 28.7 Å². The molecule has 0 atom stereocenters. The number of carboxylic acids is 1. The first kappa shape index (κ1) is 20.0. The van der Waals surface area contributed by atoms with Crippen LogP contribution >= 0.6 is 11.8 Å². The minimum Gasteiger partial charge on any atom is -0.508 e. The highest BCUT2D eigenvalue weighted by Crippen LogP contribution is 2.41. The first-order valence-electron chi connectivity index (χ1n) is 8.40. The number of aromatic hydroxyl groups is 1. The second kappa shape index (κ2) is 8.50. The Kier molecular flexibility index (Phi) is 5.86. The molecule has 0 unspecified atom stereocenters. The third kappa shape index (κ3) is 4.08. The summed E-state index contributed by atoms with van der Waals surface area (Å²) in [5.74, 6) is -0.691. The number of fused-ring (bicyclic) bond motifs is 2. The zero-order chi connectivity index (χ0) is 21.0. The summed E-state index contributed by atoms with van der Waals surface area (Å²) in [5, 5.41) is 29.4. The third-order valence-corrected chi connectivity index (χ3v) is 4.38. The Morgan fingerprint density at radius 2 is 1.79 bits per heavy atom. The highest BCUT2D eigenvalue weighted by atomic mass is 32.2. The monoisotopic (exact) mass is 405 g/mol. The minimum atomic E-state index is -1.04. The zero-order valence-electron chi connectivity index (χ0n) is 15.2. The van der Waals surface area contributed by atoms with Crippen molar-refractivity contribution in [2.24, 2.45) is 0 Å². The third-order valence-electron chi connectivity index (χ3n) is 4.19. The van der Waals surface area contributed by atoms with E-state index in [1.165, 1.54) is 30.3 Å². The Morgan fingerprint density at radius 1 is 1.07 bits per heavy atom. The zero-order valence-corrected chi connectivity index (χ0v) is 16.1. The highest BCUT2D eigenvalue weighted by molar-refractivity contribution is 8.03. The molecule has 0 amide bonds. The summed E-state index contributed by atoms with van der Waals surface area (Å²) in [5.41, 5.74) is 2.10. The van der Waals surface area contributed by atoms with Gasteiger partial charge in [0.25, 0.3) is 0 Å². The summed E-state index contributed by atoms with van der Waals surface area (Å²) in [6, 6.07) is 15.7. The molecule has 2 aromatic rings. The SMILES string of the molecule is CSC#N.O=C(O)c1ccccc1-c1c2ccc(=O)cc-2oc2cc(O)ccc12. The van der Waals surface area contributed by atoms with E-state index >= 15 is 0 Å². The van der Waals surface area contributed by atoms with Gasteiger partial charge in [-0.1, -0.05) is 18.2 Å². The number of thiocyanates is 1. The van der Waals surface area contributed by atoms with Gasteiger partial charge < -0.3 is 14.6 Å². The number of hydrogen-bond donors (Lipinski definition) is 2. The molecule has 0 radical (unpaired) electrons. The fraction of sp³-hybridized carbons (Fsp3) is 0.0455. The molecule has 29 heavy (non-hydrogen) atoms. The molecule has 2 aromatic carbocycles. The molecule has 0 aromatic heterocycles. The molecular weight excluding hydrogens is 390 g/mol. The Bertz CT molecular complexity index is 1270. The van der Waals surface area contributed by atoms with Gasteiger partial charge in [0, 0.05) is 28.6 Å². The number of carboxylic acid groups (broad SMARTS) is 1. The van der Waals surface area contributed by atoms with E-state index in [4.69, 9.17) is 9.68 Å². The maximum absolute atomic E-state index is 11.7. The molecule has 4 rings (SSSR count). The molecule has 144 valence electrons. The van der Waals surface area contributed by atoms with Crippen molar-refractivity contribution in [3.8, 4) is 33.6 Å². The summed E-state index contributed by atoms with van der Waals surface area (Å²) in [6.45, 7) is 0. The van der Waals surface area contributed by atoms with E-state index < -0.39 is 5.97 Å².